The standard InChI is InChI=1S/C77H117NO7/c1-3-5-7-9-11-13-15-17-18-19-20-21-22-23-24-26-28-30-32-34-48-58-74(80)78-70(71(79)57-47-33-31-29-27-25-16-14-12-10-8-6-4-2)59-60-72-75(82-62-67-51-41-36-42-52-67)77(84-64-69-55-45-38-46-56-69)76(83-63-68-53-43-37-44-54-68)73(85-72)65-81-61-66-49-39-35-40-50-66/h17-18,35-47,49-57,70-73,75-77,79H,3-16,19-34,48,58-65H2,1-2H3,(H,78,80)/b18-17-,57-47+/t70-,71+,72-,73+,75-,76-,77+/m0/s1. The van der Waals surface area contributed by atoms with Gasteiger partial charge in [0, 0.05) is 6.42 Å². The molecular weight excluding hydrogens is 1050 g/mol. The second kappa shape index (κ2) is 48.6. The number of unbranched alkanes of at least 4 members (excludes halogenated alkanes) is 28. The Morgan fingerprint density at radius 1 is 0.447 bits per heavy atom. The topological polar surface area (TPSA) is 95.5 Å². The lowest BCUT2D eigenvalue weighted by atomic mass is 9.90. The van der Waals surface area contributed by atoms with Crippen molar-refractivity contribution in [1.82, 2.24) is 5.32 Å². The number of carbonyl (C=O) groups excluding carboxylic acids is 1. The fourth-order valence-electron chi connectivity index (χ4n) is 11.8. The van der Waals surface area contributed by atoms with Crippen LogP contribution in [0.25, 0.3) is 0 Å². The van der Waals surface area contributed by atoms with Crippen LogP contribution in [0.4, 0.5) is 0 Å². The number of allylic oxidation sites excluding steroid dienone is 3. The van der Waals surface area contributed by atoms with Crippen molar-refractivity contribution in [2.75, 3.05) is 6.61 Å². The molecular formula is C77H117NO7. The molecule has 0 radical (unpaired) electrons. The van der Waals surface area contributed by atoms with Crippen molar-refractivity contribution in [3.8, 4) is 0 Å². The highest BCUT2D eigenvalue weighted by molar-refractivity contribution is 5.76. The van der Waals surface area contributed by atoms with Crippen molar-refractivity contribution in [2.24, 2.45) is 0 Å². The summed E-state index contributed by atoms with van der Waals surface area (Å²) in [5, 5.41) is 15.4. The van der Waals surface area contributed by atoms with E-state index >= 15 is 0 Å². The number of benzene rings is 4. The van der Waals surface area contributed by atoms with E-state index in [-0.39, 0.29) is 12.5 Å². The van der Waals surface area contributed by atoms with Gasteiger partial charge in [-0.1, -0.05) is 314 Å². The molecule has 1 aliphatic heterocycles. The zero-order chi connectivity index (χ0) is 59.7. The Labute approximate surface area is 518 Å². The van der Waals surface area contributed by atoms with Gasteiger partial charge in [-0.25, -0.2) is 0 Å². The lowest BCUT2D eigenvalue weighted by molar-refractivity contribution is -0.273. The van der Waals surface area contributed by atoms with E-state index in [1.807, 2.05) is 78.9 Å². The first-order chi connectivity index (χ1) is 42.0. The fourth-order valence-corrected chi connectivity index (χ4v) is 11.8. The second-order valence-corrected chi connectivity index (χ2v) is 24.4. The quantitative estimate of drug-likeness (QED) is 0.0336. The molecule has 5 rings (SSSR count). The molecule has 2 N–H and O–H groups in total. The third kappa shape index (κ3) is 33.5. The van der Waals surface area contributed by atoms with E-state index < -0.39 is 42.7 Å². The predicted octanol–water partition coefficient (Wildman–Crippen LogP) is 20.0. The highest BCUT2D eigenvalue weighted by Gasteiger charge is 2.48. The molecule has 472 valence electrons. The lowest BCUT2D eigenvalue weighted by Crippen LogP contribution is -2.61. The number of ether oxygens (including phenoxy) is 5. The van der Waals surface area contributed by atoms with Crippen LogP contribution in [0.15, 0.2) is 146 Å². The zero-order valence-corrected chi connectivity index (χ0v) is 53.4. The highest BCUT2D eigenvalue weighted by atomic mass is 16.6. The van der Waals surface area contributed by atoms with Crippen LogP contribution in [0.5, 0.6) is 0 Å². The number of nitrogens with one attached hydrogen (secondary N) is 1. The van der Waals surface area contributed by atoms with Crippen molar-refractivity contribution in [1.29, 1.82) is 0 Å². The Morgan fingerprint density at radius 2 is 0.800 bits per heavy atom. The average molecular weight is 1170 g/mol. The summed E-state index contributed by atoms with van der Waals surface area (Å²) in [7, 11) is 0. The first-order valence-corrected chi connectivity index (χ1v) is 34.6. The number of aliphatic hydroxyl groups is 1. The van der Waals surface area contributed by atoms with Crippen molar-refractivity contribution in [2.45, 2.75) is 301 Å². The minimum Gasteiger partial charge on any atom is -0.387 e. The maximum absolute atomic E-state index is 14.0. The van der Waals surface area contributed by atoms with Crippen LogP contribution in [0.1, 0.15) is 254 Å². The molecule has 1 amide bonds. The van der Waals surface area contributed by atoms with Crippen LogP contribution in [-0.4, -0.2) is 60.3 Å². The predicted molar refractivity (Wildman–Crippen MR) is 354 cm³/mol. The smallest absolute Gasteiger partial charge is 0.220 e. The third-order valence-electron chi connectivity index (χ3n) is 17.0. The van der Waals surface area contributed by atoms with Gasteiger partial charge < -0.3 is 34.1 Å². The molecule has 1 aliphatic rings. The van der Waals surface area contributed by atoms with Crippen molar-refractivity contribution >= 4 is 5.91 Å². The van der Waals surface area contributed by atoms with E-state index in [9.17, 15) is 9.90 Å². The fraction of sp³-hybridized carbons (Fsp3) is 0.623. The molecule has 7 atom stereocenters. The van der Waals surface area contributed by atoms with E-state index in [4.69, 9.17) is 23.7 Å². The number of carbonyl (C=O) groups is 1. The van der Waals surface area contributed by atoms with E-state index in [1.165, 1.54) is 167 Å². The van der Waals surface area contributed by atoms with Gasteiger partial charge in [0.05, 0.1) is 51.3 Å². The molecule has 4 aromatic carbocycles. The van der Waals surface area contributed by atoms with Gasteiger partial charge in [-0.15, -0.1) is 0 Å². The molecule has 1 saturated heterocycles. The largest absolute Gasteiger partial charge is 0.387 e. The Kier molecular flexibility index (Phi) is 40.8. The van der Waals surface area contributed by atoms with Crippen LogP contribution in [0.3, 0.4) is 0 Å². The number of hydrogen-bond acceptors (Lipinski definition) is 7. The Hall–Kier alpha value is -4.41. The van der Waals surface area contributed by atoms with Gasteiger partial charge in [-0.05, 0) is 80.0 Å². The summed E-state index contributed by atoms with van der Waals surface area (Å²) in [6.07, 6.45) is 46.2. The Bertz CT molecular complexity index is 2210. The van der Waals surface area contributed by atoms with Gasteiger partial charge in [0.25, 0.3) is 0 Å². The van der Waals surface area contributed by atoms with E-state index in [1.54, 1.807) is 0 Å². The molecule has 1 fully saturated rings. The zero-order valence-electron chi connectivity index (χ0n) is 53.4. The maximum atomic E-state index is 14.0. The molecule has 1 heterocycles. The molecule has 0 bridgehead atoms. The van der Waals surface area contributed by atoms with Gasteiger partial charge in [0.1, 0.15) is 24.4 Å². The minimum absolute atomic E-state index is 0.0109. The van der Waals surface area contributed by atoms with Gasteiger partial charge in [0.2, 0.25) is 5.91 Å². The van der Waals surface area contributed by atoms with Gasteiger partial charge in [-0.3, -0.25) is 4.79 Å². The van der Waals surface area contributed by atoms with E-state index in [0.29, 0.717) is 45.7 Å². The van der Waals surface area contributed by atoms with Crippen molar-refractivity contribution < 1.29 is 33.6 Å². The monoisotopic (exact) mass is 1170 g/mol. The third-order valence-corrected chi connectivity index (χ3v) is 17.0. The molecule has 8 nitrogen and oxygen atoms in total. The highest BCUT2D eigenvalue weighted by Crippen LogP contribution is 2.34. The van der Waals surface area contributed by atoms with Gasteiger partial charge in [0.15, 0.2) is 0 Å². The minimum atomic E-state index is -0.863. The summed E-state index contributed by atoms with van der Waals surface area (Å²) in [6.45, 7) is 6.31. The molecule has 4 aromatic rings. The van der Waals surface area contributed by atoms with Crippen LogP contribution in [-0.2, 0) is 54.9 Å². The van der Waals surface area contributed by atoms with E-state index in [2.05, 4.69) is 85.9 Å². The van der Waals surface area contributed by atoms with Crippen molar-refractivity contribution in [3.63, 3.8) is 0 Å². The normalized spacial score (nSPS) is 17.9. The summed E-state index contributed by atoms with van der Waals surface area (Å²) >= 11 is 0. The summed E-state index contributed by atoms with van der Waals surface area (Å²) < 4.78 is 34.8. The molecule has 0 saturated carbocycles. The molecule has 0 unspecified atom stereocenters. The summed E-state index contributed by atoms with van der Waals surface area (Å²) in [5.41, 5.74) is 4.21. The van der Waals surface area contributed by atoms with Gasteiger partial charge >= 0.3 is 0 Å². The molecule has 8 heteroatoms. The number of aliphatic hydroxyl groups excluding tert-OH is 1. The average Bonchev–Trinajstić information content (AvgIpc) is 3.72. The Balaban J connectivity index is 1.21. The van der Waals surface area contributed by atoms with Gasteiger partial charge in [-0.2, -0.15) is 0 Å². The SMILES string of the molecule is CCCCCCCC/C=C\CCCCCCCCCCCCCC(=O)N[C@@H](CC[C@@H]1O[C@H](COCc2ccccc2)[C@H](OCc2ccccc2)[C@H](OCc2ccccc2)[C@H]1OCc1ccccc1)[C@H](O)/C=C/CCCCCCCCCCCCC. The van der Waals surface area contributed by atoms with E-state index in [0.717, 1.165) is 54.4 Å². The second-order valence-electron chi connectivity index (χ2n) is 24.4. The van der Waals surface area contributed by atoms with Crippen LogP contribution < -0.4 is 5.32 Å². The summed E-state index contributed by atoms with van der Waals surface area (Å²) in [4.78, 5) is 14.0. The van der Waals surface area contributed by atoms with Crippen LogP contribution >= 0.6 is 0 Å². The number of hydrogen-bond donors (Lipinski definition) is 2. The summed E-state index contributed by atoms with van der Waals surface area (Å²) in [5.74, 6) is -0.0109. The number of rotatable bonds is 52. The molecule has 0 aliphatic carbocycles. The van der Waals surface area contributed by atoms with Crippen LogP contribution in [0.2, 0.25) is 0 Å². The lowest BCUT2D eigenvalue weighted by Gasteiger charge is -2.46. The summed E-state index contributed by atoms with van der Waals surface area (Å²) in [6, 6.07) is 40.4. The van der Waals surface area contributed by atoms with Crippen molar-refractivity contribution in [3.05, 3.63) is 168 Å². The van der Waals surface area contributed by atoms with Crippen LogP contribution in [0, 0.1) is 0 Å². The Morgan fingerprint density at radius 3 is 1.22 bits per heavy atom. The first kappa shape index (κ1) is 71.3. The molecule has 0 spiro atoms. The maximum Gasteiger partial charge on any atom is 0.220 e. The first-order valence-electron chi connectivity index (χ1n) is 34.6. The molecule has 0 aromatic heterocycles. The number of amides is 1. The molecule has 85 heavy (non-hydrogen) atoms.